The summed E-state index contributed by atoms with van der Waals surface area (Å²) in [6.45, 7) is 11.3. The van der Waals surface area contributed by atoms with Gasteiger partial charge in [0.05, 0.1) is 15.2 Å². The maximum absolute atomic E-state index is 6.54. The average Bonchev–Trinajstić information content (AvgIpc) is 2.13. The molecule has 0 amide bonds. The van der Waals surface area contributed by atoms with Crippen LogP contribution in [0.5, 0.6) is 5.75 Å². The number of hydrogen-bond donors (Lipinski definition) is 0. The SMILES string of the molecule is COc1c([Si](C)(C)C)cccc1[Si](C)(C)Cl. The van der Waals surface area contributed by atoms with Crippen molar-refractivity contribution in [3.8, 4) is 5.75 Å². The number of rotatable bonds is 3. The molecule has 4 heteroatoms. The highest BCUT2D eigenvalue weighted by Crippen LogP contribution is 2.18. The lowest BCUT2D eigenvalue weighted by atomic mass is 10.3. The van der Waals surface area contributed by atoms with Gasteiger partial charge in [0.15, 0.2) is 7.38 Å². The van der Waals surface area contributed by atoms with E-state index in [2.05, 4.69) is 50.9 Å². The molecule has 0 N–H and O–H groups in total. The lowest BCUT2D eigenvalue weighted by Crippen LogP contribution is -2.45. The van der Waals surface area contributed by atoms with Gasteiger partial charge in [-0.3, -0.25) is 0 Å². The molecule has 0 heterocycles. The van der Waals surface area contributed by atoms with Crippen LogP contribution in [-0.2, 0) is 0 Å². The van der Waals surface area contributed by atoms with Crippen molar-refractivity contribution in [2.45, 2.75) is 32.7 Å². The normalized spacial score (nSPS) is 12.7. The quantitative estimate of drug-likeness (QED) is 0.607. The van der Waals surface area contributed by atoms with Gasteiger partial charge in [-0.15, -0.1) is 0 Å². The highest BCUT2D eigenvalue weighted by Gasteiger charge is 2.29. The Morgan fingerprint density at radius 1 is 1.00 bits per heavy atom. The summed E-state index contributed by atoms with van der Waals surface area (Å²) < 4.78 is 5.61. The fourth-order valence-corrected chi connectivity index (χ4v) is 5.17. The first-order valence-electron chi connectivity index (χ1n) is 5.55. The number of benzene rings is 1. The maximum atomic E-state index is 6.54. The zero-order chi connectivity index (χ0) is 12.6. The highest BCUT2D eigenvalue weighted by atomic mass is 35.6. The molecule has 0 aromatic heterocycles. The van der Waals surface area contributed by atoms with Crippen LogP contribution in [0.15, 0.2) is 18.2 Å². The van der Waals surface area contributed by atoms with Crippen LogP contribution in [0.4, 0.5) is 0 Å². The number of para-hydroxylation sites is 1. The number of hydrogen-bond acceptors (Lipinski definition) is 1. The Balaban J connectivity index is 3.45. The maximum Gasteiger partial charge on any atom is 0.185 e. The van der Waals surface area contributed by atoms with Gasteiger partial charge in [0.2, 0.25) is 0 Å². The van der Waals surface area contributed by atoms with Crippen molar-refractivity contribution in [2.24, 2.45) is 0 Å². The summed E-state index contributed by atoms with van der Waals surface area (Å²) in [5.74, 6) is 1.04. The molecule has 16 heavy (non-hydrogen) atoms. The topological polar surface area (TPSA) is 9.23 Å². The Kier molecular flexibility index (Phi) is 3.93. The molecule has 90 valence electrons. The summed E-state index contributed by atoms with van der Waals surface area (Å²) in [5, 5.41) is 2.59. The predicted octanol–water partition coefficient (Wildman–Crippen LogP) is 2.89. The Morgan fingerprint density at radius 3 is 1.88 bits per heavy atom. The molecule has 0 saturated carbocycles. The van der Waals surface area contributed by atoms with Crippen molar-refractivity contribution in [1.82, 2.24) is 0 Å². The van der Waals surface area contributed by atoms with Gasteiger partial charge >= 0.3 is 0 Å². The first-order valence-corrected chi connectivity index (χ1v) is 13.1. The van der Waals surface area contributed by atoms with E-state index >= 15 is 0 Å². The van der Waals surface area contributed by atoms with Crippen LogP contribution in [0.25, 0.3) is 0 Å². The largest absolute Gasteiger partial charge is 0.497 e. The van der Waals surface area contributed by atoms with Crippen LogP contribution < -0.4 is 15.1 Å². The average molecular weight is 273 g/mol. The van der Waals surface area contributed by atoms with Gasteiger partial charge in [0.25, 0.3) is 0 Å². The Bertz CT molecular complexity index is 345. The highest BCUT2D eigenvalue weighted by molar-refractivity contribution is 7.26. The molecule has 0 fully saturated rings. The second-order valence-electron chi connectivity index (χ2n) is 5.61. The van der Waals surface area contributed by atoms with Gasteiger partial charge in [-0.1, -0.05) is 50.9 Å². The minimum Gasteiger partial charge on any atom is -0.497 e. The minimum atomic E-state index is -1.84. The summed E-state index contributed by atoms with van der Waals surface area (Å²) in [6.07, 6.45) is 0. The molecule has 0 atom stereocenters. The van der Waals surface area contributed by atoms with Gasteiger partial charge in [-0.2, -0.15) is 11.1 Å². The van der Waals surface area contributed by atoms with Crippen LogP contribution in [0.1, 0.15) is 0 Å². The van der Waals surface area contributed by atoms with Crippen molar-refractivity contribution >= 4 is 36.9 Å². The monoisotopic (exact) mass is 272 g/mol. The molecule has 0 radical (unpaired) electrons. The molecule has 1 nitrogen and oxygen atoms in total. The molecule has 0 aliphatic carbocycles. The third-order valence-electron chi connectivity index (χ3n) is 2.67. The molecule has 1 aromatic carbocycles. The number of ether oxygens (including phenoxy) is 1. The molecule has 0 aliphatic heterocycles. The lowest BCUT2D eigenvalue weighted by molar-refractivity contribution is 0.421. The van der Waals surface area contributed by atoms with Crippen LogP contribution >= 0.6 is 11.1 Å². The van der Waals surface area contributed by atoms with E-state index in [1.54, 1.807) is 7.11 Å². The summed E-state index contributed by atoms with van der Waals surface area (Å²) in [5.41, 5.74) is 0. The standard InChI is InChI=1S/C12H21ClOSi2/c1-14-12-10(15(2,3)4)8-7-9-11(12)16(5,6)13/h7-9H,1-6H3. The van der Waals surface area contributed by atoms with E-state index in [0.717, 1.165) is 5.75 Å². The molecule has 1 aromatic rings. The van der Waals surface area contributed by atoms with E-state index in [1.165, 1.54) is 10.4 Å². The second-order valence-corrected chi connectivity index (χ2v) is 17.0. The predicted molar refractivity (Wildman–Crippen MR) is 78.9 cm³/mol. The third kappa shape index (κ3) is 2.90. The van der Waals surface area contributed by atoms with Gasteiger partial charge in [-0.05, 0) is 10.4 Å². The molecule has 1 rings (SSSR count). The molecule has 0 spiro atoms. The summed E-state index contributed by atoms with van der Waals surface area (Å²) in [7, 11) is -1.46. The van der Waals surface area contributed by atoms with Crippen LogP contribution in [0.2, 0.25) is 32.7 Å². The van der Waals surface area contributed by atoms with Crippen molar-refractivity contribution in [3.63, 3.8) is 0 Å². The number of methoxy groups -OCH3 is 1. The van der Waals surface area contributed by atoms with Gasteiger partial charge in [0, 0.05) is 0 Å². The van der Waals surface area contributed by atoms with E-state index in [-0.39, 0.29) is 0 Å². The van der Waals surface area contributed by atoms with Crippen molar-refractivity contribution < 1.29 is 4.74 Å². The van der Waals surface area contributed by atoms with Gasteiger partial charge in [-0.25, -0.2) is 0 Å². The van der Waals surface area contributed by atoms with Crippen molar-refractivity contribution in [1.29, 1.82) is 0 Å². The zero-order valence-electron chi connectivity index (χ0n) is 11.0. The van der Waals surface area contributed by atoms with Crippen LogP contribution in [0, 0.1) is 0 Å². The Morgan fingerprint density at radius 2 is 1.50 bits per heavy atom. The molecule has 0 bridgehead atoms. The van der Waals surface area contributed by atoms with E-state index < -0.39 is 15.5 Å². The summed E-state index contributed by atoms with van der Waals surface area (Å²) in [4.78, 5) is 0. The summed E-state index contributed by atoms with van der Waals surface area (Å²) in [6, 6.07) is 6.41. The van der Waals surface area contributed by atoms with E-state index in [4.69, 9.17) is 15.8 Å². The number of halogens is 1. The fraction of sp³-hybridized carbons (Fsp3) is 0.500. The molecule has 0 unspecified atom stereocenters. The van der Waals surface area contributed by atoms with Crippen molar-refractivity contribution in [2.75, 3.05) is 7.11 Å². The first kappa shape index (κ1) is 13.8. The van der Waals surface area contributed by atoms with Crippen molar-refractivity contribution in [3.05, 3.63) is 18.2 Å². The lowest BCUT2D eigenvalue weighted by Gasteiger charge is -2.25. The molecular weight excluding hydrogens is 252 g/mol. The van der Waals surface area contributed by atoms with Crippen LogP contribution in [0.3, 0.4) is 0 Å². The van der Waals surface area contributed by atoms with E-state index in [0.29, 0.717) is 0 Å². The molecular formula is C12H21ClOSi2. The van der Waals surface area contributed by atoms with E-state index in [1.807, 2.05) is 0 Å². The Hall–Kier alpha value is -0.256. The Labute approximate surface area is 106 Å². The smallest absolute Gasteiger partial charge is 0.185 e. The molecule has 0 aliphatic rings. The third-order valence-corrected chi connectivity index (χ3v) is 6.96. The minimum absolute atomic E-state index is 1.04. The second kappa shape index (κ2) is 4.55. The summed E-state index contributed by atoms with van der Waals surface area (Å²) >= 11 is 6.54. The van der Waals surface area contributed by atoms with Gasteiger partial charge < -0.3 is 4.74 Å². The van der Waals surface area contributed by atoms with Gasteiger partial charge in [0.1, 0.15) is 5.75 Å². The molecule has 0 saturated heterocycles. The zero-order valence-corrected chi connectivity index (χ0v) is 13.8. The first-order chi connectivity index (χ1) is 7.18. The van der Waals surface area contributed by atoms with Crippen LogP contribution in [-0.4, -0.2) is 22.6 Å². The fourth-order valence-electron chi connectivity index (χ4n) is 1.82. The van der Waals surface area contributed by atoms with E-state index in [9.17, 15) is 0 Å².